The Kier molecular flexibility index (Phi) is 3.23. The number of piperazine rings is 1. The second kappa shape index (κ2) is 4.47. The smallest absolute Gasteiger partial charge is 0.234 e. The van der Waals surface area contributed by atoms with Gasteiger partial charge in [-0.15, -0.1) is 0 Å². The average molecular weight is 213 g/mol. The first kappa shape index (κ1) is 10.9. The molecule has 15 heavy (non-hydrogen) atoms. The van der Waals surface area contributed by atoms with E-state index in [1.807, 2.05) is 4.90 Å². The van der Waals surface area contributed by atoms with Crippen LogP contribution in [0.3, 0.4) is 0 Å². The van der Waals surface area contributed by atoms with Crippen LogP contribution in [-0.2, 0) is 4.79 Å². The summed E-state index contributed by atoms with van der Waals surface area (Å²) in [7, 11) is 0. The van der Waals surface area contributed by atoms with Gasteiger partial charge in [-0.05, 0) is 25.9 Å². The van der Waals surface area contributed by atoms with E-state index in [0.717, 1.165) is 32.5 Å². The number of aliphatic hydroxyl groups is 1. The van der Waals surface area contributed by atoms with E-state index < -0.39 is 5.60 Å². The van der Waals surface area contributed by atoms with Crippen LogP contribution in [0.5, 0.6) is 0 Å². The highest BCUT2D eigenvalue weighted by molar-refractivity contribution is 5.78. The Hall–Kier alpha value is -0.650. The van der Waals surface area contributed by atoms with E-state index >= 15 is 0 Å². The molecule has 0 aliphatic carbocycles. The van der Waals surface area contributed by atoms with Crippen molar-refractivity contribution < 1.29 is 9.90 Å². The van der Waals surface area contributed by atoms with Crippen LogP contribution >= 0.6 is 0 Å². The first-order chi connectivity index (χ1) is 7.18. The van der Waals surface area contributed by atoms with E-state index in [-0.39, 0.29) is 5.91 Å². The summed E-state index contributed by atoms with van der Waals surface area (Å²) in [5.74, 6) is 0.0683. The van der Waals surface area contributed by atoms with Crippen molar-refractivity contribution in [1.29, 1.82) is 0 Å². The zero-order chi connectivity index (χ0) is 10.7. The summed E-state index contributed by atoms with van der Waals surface area (Å²) < 4.78 is 0. The fourth-order valence-corrected chi connectivity index (χ4v) is 2.29. The Labute approximate surface area is 89.8 Å². The lowest BCUT2D eigenvalue weighted by Crippen LogP contribution is -2.55. The van der Waals surface area contributed by atoms with Crippen molar-refractivity contribution in [2.75, 3.05) is 39.3 Å². The van der Waals surface area contributed by atoms with Gasteiger partial charge in [0.05, 0.1) is 12.1 Å². The molecule has 2 fully saturated rings. The van der Waals surface area contributed by atoms with Crippen LogP contribution in [0.4, 0.5) is 0 Å². The molecule has 0 aromatic rings. The molecule has 0 saturated carbocycles. The van der Waals surface area contributed by atoms with Gasteiger partial charge in [-0.1, -0.05) is 0 Å². The van der Waals surface area contributed by atoms with E-state index in [9.17, 15) is 9.90 Å². The van der Waals surface area contributed by atoms with Crippen LogP contribution in [0.25, 0.3) is 0 Å². The Morgan fingerprint density at radius 3 is 2.73 bits per heavy atom. The quantitative estimate of drug-likeness (QED) is 0.524. The normalized spacial score (nSPS) is 27.4. The molecule has 0 atom stereocenters. The molecule has 5 nitrogen and oxygen atoms in total. The van der Waals surface area contributed by atoms with Crippen molar-refractivity contribution in [3.8, 4) is 0 Å². The molecule has 2 aliphatic heterocycles. The van der Waals surface area contributed by atoms with Crippen molar-refractivity contribution in [1.82, 2.24) is 15.5 Å². The molecular weight excluding hydrogens is 194 g/mol. The molecule has 0 unspecified atom stereocenters. The van der Waals surface area contributed by atoms with E-state index in [4.69, 9.17) is 0 Å². The van der Waals surface area contributed by atoms with Crippen LogP contribution < -0.4 is 10.6 Å². The number of piperidine rings is 1. The predicted molar refractivity (Wildman–Crippen MR) is 56.5 cm³/mol. The lowest BCUT2D eigenvalue weighted by Gasteiger charge is -2.38. The summed E-state index contributed by atoms with van der Waals surface area (Å²) in [4.78, 5) is 13.2. The maximum Gasteiger partial charge on any atom is 0.234 e. The summed E-state index contributed by atoms with van der Waals surface area (Å²) in [6.45, 7) is 4.35. The van der Waals surface area contributed by atoms with Crippen LogP contribution in [0, 0.1) is 0 Å². The molecule has 2 aliphatic rings. The van der Waals surface area contributed by atoms with Crippen molar-refractivity contribution in [2.45, 2.75) is 18.4 Å². The first-order valence-electron chi connectivity index (χ1n) is 5.60. The zero-order valence-corrected chi connectivity index (χ0v) is 8.96. The van der Waals surface area contributed by atoms with Gasteiger partial charge in [-0.2, -0.15) is 0 Å². The topological polar surface area (TPSA) is 64.6 Å². The van der Waals surface area contributed by atoms with Crippen molar-refractivity contribution in [2.24, 2.45) is 0 Å². The fraction of sp³-hybridized carbons (Fsp3) is 0.900. The van der Waals surface area contributed by atoms with Gasteiger partial charge in [0.25, 0.3) is 0 Å². The van der Waals surface area contributed by atoms with Crippen LogP contribution in [-0.4, -0.2) is 60.8 Å². The predicted octanol–water partition coefficient (Wildman–Crippen LogP) is -1.47. The van der Waals surface area contributed by atoms with Gasteiger partial charge < -0.3 is 15.7 Å². The van der Waals surface area contributed by atoms with Gasteiger partial charge in [0, 0.05) is 19.6 Å². The Bertz CT molecular complexity index is 239. The Balaban J connectivity index is 1.86. The van der Waals surface area contributed by atoms with Gasteiger partial charge in [0.1, 0.15) is 0 Å². The molecule has 0 aromatic heterocycles. The summed E-state index contributed by atoms with van der Waals surface area (Å²) in [6.07, 6.45) is 1.57. The first-order valence-corrected chi connectivity index (χ1v) is 5.60. The largest absolute Gasteiger partial charge is 0.388 e. The van der Waals surface area contributed by atoms with Crippen LogP contribution in [0.2, 0.25) is 0 Å². The molecule has 2 heterocycles. The molecule has 86 valence electrons. The fourth-order valence-electron chi connectivity index (χ4n) is 2.29. The number of carbonyl (C=O) groups excluding carboxylic acids is 1. The number of hydrogen-bond donors (Lipinski definition) is 3. The number of hydrogen-bond acceptors (Lipinski definition) is 4. The summed E-state index contributed by atoms with van der Waals surface area (Å²) in [5.41, 5.74) is -0.594. The van der Waals surface area contributed by atoms with Gasteiger partial charge in [0.15, 0.2) is 0 Å². The molecule has 0 spiro atoms. The second-order valence-electron chi connectivity index (χ2n) is 4.53. The van der Waals surface area contributed by atoms with Crippen LogP contribution in [0.15, 0.2) is 0 Å². The van der Waals surface area contributed by atoms with Gasteiger partial charge in [0.2, 0.25) is 5.91 Å². The van der Waals surface area contributed by atoms with Gasteiger partial charge >= 0.3 is 0 Å². The highest BCUT2D eigenvalue weighted by Crippen LogP contribution is 2.19. The number of carbonyl (C=O) groups is 1. The van der Waals surface area contributed by atoms with Crippen molar-refractivity contribution in [3.63, 3.8) is 0 Å². The molecule has 0 radical (unpaired) electrons. The number of nitrogens with zero attached hydrogens (tertiary/aromatic N) is 1. The monoisotopic (exact) mass is 213 g/mol. The third-order valence-electron chi connectivity index (χ3n) is 3.17. The molecule has 2 saturated heterocycles. The summed E-state index contributed by atoms with van der Waals surface area (Å²) in [5, 5.41) is 16.3. The SMILES string of the molecule is O=C1CN(CC2(O)CCNCC2)CCN1. The number of rotatable bonds is 2. The molecule has 3 N–H and O–H groups in total. The van der Waals surface area contributed by atoms with Crippen molar-refractivity contribution in [3.05, 3.63) is 0 Å². The third kappa shape index (κ3) is 2.90. The summed E-state index contributed by atoms with van der Waals surface area (Å²) in [6, 6.07) is 0. The third-order valence-corrected chi connectivity index (χ3v) is 3.17. The van der Waals surface area contributed by atoms with E-state index in [0.29, 0.717) is 19.6 Å². The molecule has 0 aromatic carbocycles. The van der Waals surface area contributed by atoms with Gasteiger partial charge in [-0.25, -0.2) is 0 Å². The maximum atomic E-state index is 11.2. The molecule has 2 rings (SSSR count). The highest BCUT2D eigenvalue weighted by atomic mass is 16.3. The lowest BCUT2D eigenvalue weighted by atomic mass is 9.91. The van der Waals surface area contributed by atoms with E-state index in [1.165, 1.54) is 0 Å². The minimum atomic E-state index is -0.594. The second-order valence-corrected chi connectivity index (χ2v) is 4.53. The van der Waals surface area contributed by atoms with Crippen LogP contribution in [0.1, 0.15) is 12.8 Å². The minimum absolute atomic E-state index is 0.0683. The molecule has 5 heteroatoms. The number of nitrogens with one attached hydrogen (secondary N) is 2. The molecule has 1 amide bonds. The standard InChI is InChI=1S/C10H19N3O2/c14-9-7-13(6-5-12-9)8-10(15)1-3-11-4-2-10/h11,15H,1-8H2,(H,12,14). The minimum Gasteiger partial charge on any atom is -0.388 e. The average Bonchev–Trinajstić information content (AvgIpc) is 2.18. The lowest BCUT2D eigenvalue weighted by molar-refractivity contribution is -0.125. The summed E-state index contributed by atoms with van der Waals surface area (Å²) >= 11 is 0. The number of β-amino-alcohol motifs (C(OH)–C–C–N with tert-alkyl or cyclic N) is 1. The van der Waals surface area contributed by atoms with Crippen molar-refractivity contribution >= 4 is 5.91 Å². The molecule has 0 bridgehead atoms. The van der Waals surface area contributed by atoms with Gasteiger partial charge in [-0.3, -0.25) is 9.69 Å². The highest BCUT2D eigenvalue weighted by Gasteiger charge is 2.32. The maximum absolute atomic E-state index is 11.2. The number of amides is 1. The van der Waals surface area contributed by atoms with E-state index in [1.54, 1.807) is 0 Å². The zero-order valence-electron chi connectivity index (χ0n) is 8.96. The Morgan fingerprint density at radius 2 is 2.07 bits per heavy atom. The molecular formula is C10H19N3O2. The Morgan fingerprint density at radius 1 is 1.33 bits per heavy atom. The van der Waals surface area contributed by atoms with E-state index in [2.05, 4.69) is 10.6 Å².